The van der Waals surface area contributed by atoms with E-state index in [0.717, 1.165) is 12.8 Å². The lowest BCUT2D eigenvalue weighted by Crippen LogP contribution is -2.50. The Hall–Kier alpha value is -3.43. The van der Waals surface area contributed by atoms with Crippen LogP contribution in [-0.4, -0.2) is 45.8 Å². The minimum atomic E-state index is -0.665. The Morgan fingerprint density at radius 3 is 2.75 bits per heavy atom. The minimum Gasteiger partial charge on any atom is -0.417 e. The highest BCUT2D eigenvalue weighted by molar-refractivity contribution is 5.91. The largest absolute Gasteiger partial charge is 0.417 e. The molecule has 10 heteroatoms. The van der Waals surface area contributed by atoms with E-state index in [1.54, 1.807) is 4.90 Å². The lowest BCUT2D eigenvalue weighted by atomic mass is 10.0. The van der Waals surface area contributed by atoms with Crippen molar-refractivity contribution < 1.29 is 14.0 Å². The maximum absolute atomic E-state index is 12.7. The van der Waals surface area contributed by atoms with Gasteiger partial charge >= 0.3 is 11.3 Å². The van der Waals surface area contributed by atoms with Crippen LogP contribution in [0.2, 0.25) is 0 Å². The van der Waals surface area contributed by atoms with Crippen LogP contribution in [-0.2, 0) is 11.2 Å². The van der Waals surface area contributed by atoms with Crippen molar-refractivity contribution >= 4 is 11.8 Å². The van der Waals surface area contributed by atoms with Gasteiger partial charge in [0, 0.05) is 37.0 Å². The first-order valence-electron chi connectivity index (χ1n) is 8.93. The topological polar surface area (TPSA) is 145 Å². The van der Waals surface area contributed by atoms with Crippen LogP contribution in [0.5, 0.6) is 0 Å². The normalized spacial score (nSPS) is 16.6. The molecule has 0 radical (unpaired) electrons. The second-order valence-corrected chi connectivity index (χ2v) is 6.55. The molecule has 148 valence electrons. The number of nitrogens with one attached hydrogen (secondary N) is 3. The first kappa shape index (κ1) is 19.3. The highest BCUT2D eigenvalue weighted by Crippen LogP contribution is 2.17. The summed E-state index contributed by atoms with van der Waals surface area (Å²) in [6, 6.07) is 4.98. The summed E-state index contributed by atoms with van der Waals surface area (Å²) < 4.78 is 4.84. The third-order valence-corrected chi connectivity index (χ3v) is 4.52. The summed E-state index contributed by atoms with van der Waals surface area (Å²) in [7, 11) is 0. The van der Waals surface area contributed by atoms with Crippen LogP contribution >= 0.6 is 0 Å². The Bertz CT molecular complexity index is 1010. The van der Waals surface area contributed by atoms with Crippen molar-refractivity contribution in [3.8, 4) is 0 Å². The Balaban J connectivity index is 1.65. The molecule has 2 aromatic rings. The number of rotatable bonds is 5. The second-order valence-electron chi connectivity index (χ2n) is 6.55. The molecule has 0 aromatic carbocycles. The zero-order chi connectivity index (χ0) is 20.1. The number of piperidine rings is 1. The van der Waals surface area contributed by atoms with Gasteiger partial charge in [-0.15, -0.1) is 0 Å². The molecule has 1 atom stereocenters. The van der Waals surface area contributed by atoms with Crippen molar-refractivity contribution in [3.05, 3.63) is 67.0 Å². The maximum Gasteiger partial charge on any atom is 0.336 e. The zero-order valence-electron chi connectivity index (χ0n) is 15.0. The number of carbonyl (C=O) groups excluding carboxylic acids is 2. The number of carbonyl (C=O) groups is 2. The average molecular weight is 388 g/mol. The van der Waals surface area contributed by atoms with E-state index in [-0.39, 0.29) is 36.4 Å². The Kier molecular flexibility index (Phi) is 5.87. The fourth-order valence-electron chi connectivity index (χ4n) is 3.23. The number of H-pyrrole nitrogens is 2. The molecule has 1 fully saturated rings. The number of likely N-dealkylation sites (tertiary alicyclic amines) is 1. The summed E-state index contributed by atoms with van der Waals surface area (Å²) in [6.07, 6.45) is 2.33. The number of aromatic amines is 2. The van der Waals surface area contributed by atoms with E-state index in [9.17, 15) is 24.0 Å². The lowest BCUT2D eigenvalue weighted by molar-refractivity contribution is -0.134. The van der Waals surface area contributed by atoms with Crippen LogP contribution < -0.4 is 22.2 Å². The van der Waals surface area contributed by atoms with Gasteiger partial charge in [-0.2, -0.15) is 0 Å². The monoisotopic (exact) mass is 388 g/mol. The highest BCUT2D eigenvalue weighted by atomic mass is 16.4. The van der Waals surface area contributed by atoms with Crippen LogP contribution in [0.1, 0.15) is 35.5 Å². The van der Waals surface area contributed by atoms with Gasteiger partial charge in [-0.3, -0.25) is 19.4 Å². The number of hydrogen-bond donors (Lipinski definition) is 3. The molecule has 0 bridgehead atoms. The first-order valence-corrected chi connectivity index (χ1v) is 8.93. The number of amides is 2. The summed E-state index contributed by atoms with van der Waals surface area (Å²) in [4.78, 5) is 64.9. The number of nitrogens with zero attached hydrogens (tertiary/aromatic N) is 1. The SMILES string of the molecule is O=C(NCC1CCCCN1C(=O)Cc1cc(=O)[nH]c(=O)[nH]1)c1cccc(=O)o1. The Labute approximate surface area is 158 Å². The van der Waals surface area contributed by atoms with Crippen molar-refractivity contribution in [2.45, 2.75) is 31.7 Å². The molecule has 3 N–H and O–H groups in total. The van der Waals surface area contributed by atoms with Crippen molar-refractivity contribution in [3.63, 3.8) is 0 Å². The van der Waals surface area contributed by atoms with E-state index >= 15 is 0 Å². The average Bonchev–Trinajstić information content (AvgIpc) is 2.65. The fraction of sp³-hybridized carbons (Fsp3) is 0.389. The molecule has 3 rings (SSSR count). The molecule has 0 saturated carbocycles. The van der Waals surface area contributed by atoms with E-state index in [0.29, 0.717) is 13.0 Å². The van der Waals surface area contributed by atoms with Gasteiger partial charge in [0.2, 0.25) is 5.91 Å². The summed E-state index contributed by atoms with van der Waals surface area (Å²) >= 11 is 0. The van der Waals surface area contributed by atoms with Gasteiger partial charge < -0.3 is 19.6 Å². The summed E-state index contributed by atoms with van der Waals surface area (Å²) in [5.74, 6) is -0.872. The molecule has 2 amide bonds. The highest BCUT2D eigenvalue weighted by Gasteiger charge is 2.27. The van der Waals surface area contributed by atoms with Crippen molar-refractivity contribution in [2.75, 3.05) is 13.1 Å². The number of aromatic nitrogens is 2. The van der Waals surface area contributed by atoms with E-state index in [2.05, 4.69) is 15.3 Å². The van der Waals surface area contributed by atoms with E-state index in [1.807, 2.05) is 0 Å². The lowest BCUT2D eigenvalue weighted by Gasteiger charge is -2.36. The van der Waals surface area contributed by atoms with Gasteiger partial charge in [-0.1, -0.05) is 6.07 Å². The van der Waals surface area contributed by atoms with Gasteiger partial charge in [0.15, 0.2) is 5.76 Å². The smallest absolute Gasteiger partial charge is 0.336 e. The van der Waals surface area contributed by atoms with Crippen LogP contribution in [0.15, 0.2) is 43.1 Å². The standard InChI is InChI=1S/C18H20N4O6/c23-14-8-11(20-18(27)21-14)9-15(24)22-7-2-1-4-12(22)10-19-17(26)13-5-3-6-16(25)28-13/h3,5-6,8,12H,1-2,4,7,9-10H2,(H,19,26)(H2,20,21,23,27). The van der Waals surface area contributed by atoms with Crippen molar-refractivity contribution in [2.24, 2.45) is 0 Å². The van der Waals surface area contributed by atoms with E-state index < -0.39 is 22.8 Å². The number of hydrogen-bond acceptors (Lipinski definition) is 6. The molecule has 10 nitrogen and oxygen atoms in total. The molecule has 28 heavy (non-hydrogen) atoms. The summed E-state index contributed by atoms with van der Waals surface area (Å²) in [5, 5.41) is 2.68. The van der Waals surface area contributed by atoms with Gasteiger partial charge in [0.1, 0.15) is 0 Å². The molecule has 1 saturated heterocycles. The van der Waals surface area contributed by atoms with Crippen molar-refractivity contribution in [1.29, 1.82) is 0 Å². The first-order chi connectivity index (χ1) is 13.4. The van der Waals surface area contributed by atoms with Crippen LogP contribution in [0.4, 0.5) is 0 Å². The maximum atomic E-state index is 12.7. The molecular weight excluding hydrogens is 368 g/mol. The minimum absolute atomic E-state index is 0.0951. The molecule has 0 aliphatic carbocycles. The van der Waals surface area contributed by atoms with Gasteiger partial charge in [-0.25, -0.2) is 9.59 Å². The zero-order valence-corrected chi connectivity index (χ0v) is 15.0. The molecule has 2 aromatic heterocycles. The van der Waals surface area contributed by atoms with Gasteiger partial charge in [0.25, 0.3) is 11.5 Å². The van der Waals surface area contributed by atoms with Crippen molar-refractivity contribution in [1.82, 2.24) is 20.2 Å². The fourth-order valence-corrected chi connectivity index (χ4v) is 3.23. The molecule has 1 aliphatic rings. The quantitative estimate of drug-likeness (QED) is 0.622. The van der Waals surface area contributed by atoms with Crippen LogP contribution in [0, 0.1) is 0 Å². The predicted molar refractivity (Wildman–Crippen MR) is 98.1 cm³/mol. The van der Waals surface area contributed by atoms with Crippen LogP contribution in [0.3, 0.4) is 0 Å². The third kappa shape index (κ3) is 4.84. The molecule has 1 unspecified atom stereocenters. The molecule has 0 spiro atoms. The second kappa shape index (κ2) is 8.51. The summed E-state index contributed by atoms with van der Waals surface area (Å²) in [6.45, 7) is 0.724. The van der Waals surface area contributed by atoms with Crippen LogP contribution in [0.25, 0.3) is 0 Å². The molecule has 1 aliphatic heterocycles. The Morgan fingerprint density at radius 2 is 2.00 bits per heavy atom. The molecule has 3 heterocycles. The third-order valence-electron chi connectivity index (χ3n) is 4.52. The van der Waals surface area contributed by atoms with Gasteiger partial charge in [-0.05, 0) is 25.3 Å². The predicted octanol–water partition coefficient (Wildman–Crippen LogP) is -0.630. The Morgan fingerprint density at radius 1 is 1.18 bits per heavy atom. The van der Waals surface area contributed by atoms with Gasteiger partial charge in [0.05, 0.1) is 6.42 Å². The van der Waals surface area contributed by atoms with E-state index in [1.165, 1.54) is 24.3 Å². The van der Waals surface area contributed by atoms with E-state index in [4.69, 9.17) is 4.42 Å². The molecular formula is C18H20N4O6. The summed E-state index contributed by atoms with van der Waals surface area (Å²) in [5.41, 5.74) is -1.62.